The third kappa shape index (κ3) is 3.95. The van der Waals surface area contributed by atoms with Crippen LogP contribution in [0, 0.1) is 0 Å². The second-order valence-electron chi connectivity index (χ2n) is 7.26. The molecule has 0 atom stereocenters. The molecule has 3 aromatic carbocycles. The fourth-order valence-corrected chi connectivity index (χ4v) is 4.02. The van der Waals surface area contributed by atoms with Gasteiger partial charge in [-0.05, 0) is 47.6 Å². The molecule has 0 bridgehead atoms. The summed E-state index contributed by atoms with van der Waals surface area (Å²) in [5.41, 5.74) is 4.89. The molecule has 0 unspecified atom stereocenters. The van der Waals surface area contributed by atoms with E-state index in [4.69, 9.17) is 0 Å². The summed E-state index contributed by atoms with van der Waals surface area (Å²) in [6, 6.07) is 24.4. The quantitative estimate of drug-likeness (QED) is 0.510. The highest BCUT2D eigenvalue weighted by Gasteiger charge is 2.21. The first-order valence-corrected chi connectivity index (χ1v) is 9.83. The van der Waals surface area contributed by atoms with Crippen molar-refractivity contribution in [1.29, 1.82) is 0 Å². The molecule has 0 aliphatic heterocycles. The lowest BCUT2D eigenvalue weighted by Gasteiger charge is -2.24. The first-order chi connectivity index (χ1) is 13.3. The maximum absolute atomic E-state index is 11.2. The standard InChI is InChI=1S/C25H25NO/c27-25-23(20-12-6-2-7-13-20)17-16-22(19-10-4-1-5-11-19)24(25)18-26-21-14-8-3-9-15-21/h1,3-5,8-11,14-18,20,27H,2,6-7,12-13H2. The van der Waals surface area contributed by atoms with E-state index in [0.29, 0.717) is 11.7 Å². The minimum absolute atomic E-state index is 0.392. The highest BCUT2D eigenvalue weighted by molar-refractivity contribution is 5.95. The Labute approximate surface area is 161 Å². The van der Waals surface area contributed by atoms with Crippen LogP contribution < -0.4 is 0 Å². The maximum atomic E-state index is 11.2. The van der Waals surface area contributed by atoms with E-state index in [1.807, 2.05) is 54.7 Å². The Morgan fingerprint density at radius 3 is 2.15 bits per heavy atom. The van der Waals surface area contributed by atoms with E-state index in [2.05, 4.69) is 29.3 Å². The Balaban J connectivity index is 1.79. The molecule has 3 aromatic rings. The molecule has 4 rings (SSSR count). The average Bonchev–Trinajstić information content (AvgIpc) is 2.74. The Morgan fingerprint density at radius 2 is 1.44 bits per heavy atom. The van der Waals surface area contributed by atoms with Crippen LogP contribution in [0.3, 0.4) is 0 Å². The molecule has 0 radical (unpaired) electrons. The van der Waals surface area contributed by atoms with Gasteiger partial charge in [0.05, 0.1) is 5.69 Å². The topological polar surface area (TPSA) is 32.6 Å². The fourth-order valence-electron chi connectivity index (χ4n) is 4.02. The van der Waals surface area contributed by atoms with Crippen LogP contribution in [0.4, 0.5) is 5.69 Å². The fraction of sp³-hybridized carbons (Fsp3) is 0.240. The van der Waals surface area contributed by atoms with Gasteiger partial charge in [0.2, 0.25) is 0 Å². The van der Waals surface area contributed by atoms with Gasteiger partial charge < -0.3 is 5.11 Å². The zero-order valence-electron chi connectivity index (χ0n) is 15.5. The molecule has 1 N–H and O–H groups in total. The van der Waals surface area contributed by atoms with Crippen LogP contribution in [-0.2, 0) is 0 Å². The lowest BCUT2D eigenvalue weighted by molar-refractivity contribution is 0.414. The third-order valence-electron chi connectivity index (χ3n) is 5.48. The van der Waals surface area contributed by atoms with E-state index in [1.165, 1.54) is 19.3 Å². The second-order valence-corrected chi connectivity index (χ2v) is 7.26. The van der Waals surface area contributed by atoms with Crippen molar-refractivity contribution in [2.24, 2.45) is 4.99 Å². The van der Waals surface area contributed by atoms with Crippen LogP contribution in [0.25, 0.3) is 11.1 Å². The van der Waals surface area contributed by atoms with E-state index < -0.39 is 0 Å². The molecule has 0 heterocycles. The average molecular weight is 355 g/mol. The molecule has 1 aliphatic rings. The molecule has 0 amide bonds. The van der Waals surface area contributed by atoms with E-state index in [0.717, 1.165) is 40.8 Å². The first-order valence-electron chi connectivity index (χ1n) is 9.83. The smallest absolute Gasteiger partial charge is 0.128 e. The van der Waals surface area contributed by atoms with Crippen molar-refractivity contribution in [2.75, 3.05) is 0 Å². The minimum Gasteiger partial charge on any atom is -0.507 e. The van der Waals surface area contributed by atoms with Gasteiger partial charge in [-0.2, -0.15) is 0 Å². The van der Waals surface area contributed by atoms with E-state index >= 15 is 0 Å². The van der Waals surface area contributed by atoms with Crippen molar-refractivity contribution in [3.05, 3.63) is 83.9 Å². The predicted octanol–water partition coefficient (Wildman–Crippen LogP) is 6.86. The van der Waals surface area contributed by atoms with Gasteiger partial charge in [-0.15, -0.1) is 0 Å². The van der Waals surface area contributed by atoms with Crippen LogP contribution in [-0.4, -0.2) is 11.3 Å². The zero-order valence-corrected chi connectivity index (χ0v) is 15.5. The van der Waals surface area contributed by atoms with Crippen molar-refractivity contribution in [1.82, 2.24) is 0 Å². The summed E-state index contributed by atoms with van der Waals surface area (Å²) in [5, 5.41) is 11.2. The van der Waals surface area contributed by atoms with Gasteiger partial charge in [0, 0.05) is 11.8 Å². The summed E-state index contributed by atoms with van der Waals surface area (Å²) < 4.78 is 0. The monoisotopic (exact) mass is 355 g/mol. The summed E-state index contributed by atoms with van der Waals surface area (Å²) in [6.07, 6.45) is 7.94. The molecule has 0 spiro atoms. The molecular formula is C25H25NO. The molecular weight excluding hydrogens is 330 g/mol. The largest absolute Gasteiger partial charge is 0.507 e. The Kier molecular flexibility index (Phi) is 5.34. The Bertz CT molecular complexity index is 910. The van der Waals surface area contributed by atoms with Gasteiger partial charge in [-0.25, -0.2) is 0 Å². The van der Waals surface area contributed by atoms with Crippen LogP contribution in [0.15, 0.2) is 77.8 Å². The molecule has 0 saturated heterocycles. The van der Waals surface area contributed by atoms with E-state index in [1.54, 1.807) is 0 Å². The molecule has 27 heavy (non-hydrogen) atoms. The van der Waals surface area contributed by atoms with Crippen molar-refractivity contribution >= 4 is 11.9 Å². The summed E-state index contributed by atoms with van der Waals surface area (Å²) in [6.45, 7) is 0. The number of hydrogen-bond donors (Lipinski definition) is 1. The molecule has 2 nitrogen and oxygen atoms in total. The lowest BCUT2D eigenvalue weighted by atomic mass is 9.82. The molecule has 1 aliphatic carbocycles. The summed E-state index contributed by atoms with van der Waals surface area (Å²) in [5.74, 6) is 0.843. The van der Waals surface area contributed by atoms with Crippen molar-refractivity contribution in [2.45, 2.75) is 38.0 Å². The second kappa shape index (κ2) is 8.22. The van der Waals surface area contributed by atoms with Crippen LogP contribution >= 0.6 is 0 Å². The number of aliphatic imine (C=N–C) groups is 1. The maximum Gasteiger partial charge on any atom is 0.128 e. The van der Waals surface area contributed by atoms with E-state index in [-0.39, 0.29) is 0 Å². The minimum atomic E-state index is 0.392. The van der Waals surface area contributed by atoms with Crippen molar-refractivity contribution in [3.8, 4) is 16.9 Å². The number of para-hydroxylation sites is 1. The van der Waals surface area contributed by atoms with Gasteiger partial charge in [0.25, 0.3) is 0 Å². The van der Waals surface area contributed by atoms with Gasteiger partial charge in [0.15, 0.2) is 0 Å². The molecule has 1 fully saturated rings. The predicted molar refractivity (Wildman–Crippen MR) is 113 cm³/mol. The van der Waals surface area contributed by atoms with Crippen LogP contribution in [0.2, 0.25) is 0 Å². The highest BCUT2D eigenvalue weighted by Crippen LogP contribution is 2.41. The normalized spacial score (nSPS) is 15.3. The zero-order chi connectivity index (χ0) is 18.5. The van der Waals surface area contributed by atoms with Crippen molar-refractivity contribution < 1.29 is 5.11 Å². The number of phenols is 1. The SMILES string of the molecule is Oc1c(C2CCCCC2)ccc(-c2ccccc2)c1C=Nc1ccccc1. The summed E-state index contributed by atoms with van der Waals surface area (Å²) in [7, 11) is 0. The first kappa shape index (κ1) is 17.5. The van der Waals surface area contributed by atoms with Gasteiger partial charge in [-0.1, -0.05) is 79.9 Å². The third-order valence-corrected chi connectivity index (χ3v) is 5.48. The molecule has 1 saturated carbocycles. The Morgan fingerprint density at radius 1 is 0.778 bits per heavy atom. The summed E-state index contributed by atoms with van der Waals surface area (Å²) in [4.78, 5) is 4.62. The van der Waals surface area contributed by atoms with Crippen molar-refractivity contribution in [3.63, 3.8) is 0 Å². The van der Waals surface area contributed by atoms with Crippen LogP contribution in [0.1, 0.15) is 49.1 Å². The number of nitrogens with zero attached hydrogens (tertiary/aromatic N) is 1. The number of aromatic hydroxyl groups is 1. The number of rotatable bonds is 4. The molecule has 0 aromatic heterocycles. The molecule has 2 heteroatoms. The highest BCUT2D eigenvalue weighted by atomic mass is 16.3. The Hall–Kier alpha value is -2.87. The van der Waals surface area contributed by atoms with Gasteiger partial charge >= 0.3 is 0 Å². The number of benzene rings is 3. The number of hydrogen-bond acceptors (Lipinski definition) is 2. The molecule has 136 valence electrons. The van der Waals surface area contributed by atoms with E-state index in [9.17, 15) is 5.11 Å². The lowest BCUT2D eigenvalue weighted by Crippen LogP contribution is -2.06. The summed E-state index contributed by atoms with van der Waals surface area (Å²) >= 11 is 0. The number of phenolic OH excluding ortho intramolecular Hbond substituents is 1. The van der Waals surface area contributed by atoms with Gasteiger partial charge in [-0.3, -0.25) is 4.99 Å². The van der Waals surface area contributed by atoms with Crippen LogP contribution in [0.5, 0.6) is 5.75 Å². The van der Waals surface area contributed by atoms with Gasteiger partial charge in [0.1, 0.15) is 5.75 Å².